The lowest BCUT2D eigenvalue weighted by molar-refractivity contribution is -0.131. The van der Waals surface area contributed by atoms with Gasteiger partial charge < -0.3 is 10.4 Å². The Morgan fingerprint density at radius 1 is 1.30 bits per heavy atom. The Labute approximate surface area is 119 Å². The van der Waals surface area contributed by atoms with E-state index in [2.05, 4.69) is 10.3 Å². The second kappa shape index (κ2) is 6.12. The Balaban J connectivity index is 2.03. The maximum Gasteiger partial charge on any atom is 0.328 e. The van der Waals surface area contributed by atoms with E-state index in [1.807, 2.05) is 6.92 Å². The van der Waals surface area contributed by atoms with Gasteiger partial charge in [0, 0.05) is 11.8 Å². The summed E-state index contributed by atoms with van der Waals surface area (Å²) in [6, 6.07) is 6.89. The molecule has 0 aliphatic carbocycles. The summed E-state index contributed by atoms with van der Waals surface area (Å²) in [5.74, 6) is -1.20. The van der Waals surface area contributed by atoms with Crippen molar-refractivity contribution < 1.29 is 14.7 Å². The first-order valence-electron chi connectivity index (χ1n) is 5.79. The third kappa shape index (κ3) is 3.76. The average molecular weight is 288 g/mol. The third-order valence-electron chi connectivity index (χ3n) is 2.43. The molecule has 1 heterocycles. The van der Waals surface area contributed by atoms with Crippen LogP contribution >= 0.6 is 11.3 Å². The van der Waals surface area contributed by atoms with Crippen molar-refractivity contribution in [3.63, 3.8) is 0 Å². The molecule has 0 aliphatic rings. The number of thiazole rings is 1. The summed E-state index contributed by atoms with van der Waals surface area (Å²) in [6.07, 6.45) is 4.09. The first-order valence-corrected chi connectivity index (χ1v) is 6.61. The summed E-state index contributed by atoms with van der Waals surface area (Å²) in [5.41, 5.74) is 1.40. The molecule has 0 fully saturated rings. The van der Waals surface area contributed by atoms with Crippen molar-refractivity contribution in [3.8, 4) is 0 Å². The lowest BCUT2D eigenvalue weighted by Gasteiger charge is -2.03. The third-order valence-corrected chi connectivity index (χ3v) is 3.34. The zero-order valence-electron chi connectivity index (χ0n) is 10.7. The molecule has 0 atom stereocenters. The quantitative estimate of drug-likeness (QED) is 0.848. The summed E-state index contributed by atoms with van der Waals surface area (Å²) >= 11 is 1.33. The number of hydrogen-bond donors (Lipinski definition) is 2. The standard InChI is InChI=1S/C14H12N2O3S/c1-9-15-8-12(20-9)14(19)16-11-5-2-10(3-6-11)4-7-13(17)18/h2-8H,1H3,(H,16,19)(H,17,18)/b7-4+. The van der Waals surface area contributed by atoms with Crippen LogP contribution in [0.1, 0.15) is 20.2 Å². The molecule has 102 valence electrons. The van der Waals surface area contributed by atoms with Crippen LogP contribution in [0.25, 0.3) is 6.08 Å². The Kier molecular flexibility index (Phi) is 4.27. The van der Waals surface area contributed by atoms with Gasteiger partial charge in [-0.25, -0.2) is 9.78 Å². The van der Waals surface area contributed by atoms with Gasteiger partial charge in [-0.3, -0.25) is 4.79 Å². The first-order chi connectivity index (χ1) is 9.54. The zero-order valence-corrected chi connectivity index (χ0v) is 11.5. The fraction of sp³-hybridized carbons (Fsp3) is 0.0714. The number of carbonyl (C=O) groups excluding carboxylic acids is 1. The van der Waals surface area contributed by atoms with Gasteiger partial charge in [0.15, 0.2) is 0 Å². The number of carbonyl (C=O) groups is 2. The van der Waals surface area contributed by atoms with Gasteiger partial charge in [-0.15, -0.1) is 11.3 Å². The molecular formula is C14H12N2O3S. The fourth-order valence-electron chi connectivity index (χ4n) is 1.50. The van der Waals surface area contributed by atoms with Gasteiger partial charge in [-0.2, -0.15) is 0 Å². The van der Waals surface area contributed by atoms with Gasteiger partial charge in [0.05, 0.1) is 11.2 Å². The van der Waals surface area contributed by atoms with E-state index in [4.69, 9.17) is 5.11 Å². The van der Waals surface area contributed by atoms with Crippen molar-refractivity contribution in [3.05, 3.63) is 52.0 Å². The second-order valence-corrected chi connectivity index (χ2v) is 5.23. The largest absolute Gasteiger partial charge is 0.478 e. The predicted molar refractivity (Wildman–Crippen MR) is 77.9 cm³/mol. The maximum absolute atomic E-state index is 11.9. The van der Waals surface area contributed by atoms with Crippen molar-refractivity contribution >= 4 is 35.0 Å². The molecule has 1 aromatic heterocycles. The Hall–Kier alpha value is -2.47. The van der Waals surface area contributed by atoms with E-state index in [9.17, 15) is 9.59 Å². The number of hydrogen-bond acceptors (Lipinski definition) is 4. The van der Waals surface area contributed by atoms with Crippen LogP contribution in [0.2, 0.25) is 0 Å². The number of carboxylic acids is 1. The molecule has 1 amide bonds. The summed E-state index contributed by atoms with van der Waals surface area (Å²) in [6.45, 7) is 1.84. The normalized spacial score (nSPS) is 10.7. The van der Waals surface area contributed by atoms with Crippen LogP contribution in [-0.4, -0.2) is 22.0 Å². The van der Waals surface area contributed by atoms with Crippen LogP contribution < -0.4 is 5.32 Å². The number of rotatable bonds is 4. The molecule has 2 N–H and O–H groups in total. The van der Waals surface area contributed by atoms with Crippen molar-refractivity contribution in [1.82, 2.24) is 4.98 Å². The molecule has 0 saturated carbocycles. The highest BCUT2D eigenvalue weighted by Gasteiger charge is 2.08. The van der Waals surface area contributed by atoms with E-state index in [1.165, 1.54) is 17.4 Å². The smallest absolute Gasteiger partial charge is 0.328 e. The van der Waals surface area contributed by atoms with Crippen molar-refractivity contribution in [2.45, 2.75) is 6.92 Å². The minimum Gasteiger partial charge on any atom is -0.478 e. The molecule has 0 spiro atoms. The summed E-state index contributed by atoms with van der Waals surface area (Å²) < 4.78 is 0. The first kappa shape index (κ1) is 14.0. The minimum absolute atomic E-state index is 0.204. The molecule has 0 bridgehead atoms. The van der Waals surface area contributed by atoms with E-state index >= 15 is 0 Å². The number of aromatic nitrogens is 1. The number of anilines is 1. The van der Waals surface area contributed by atoms with E-state index < -0.39 is 5.97 Å². The number of amides is 1. The highest BCUT2D eigenvalue weighted by molar-refractivity contribution is 7.13. The molecule has 0 radical (unpaired) electrons. The summed E-state index contributed by atoms with van der Waals surface area (Å²) in [7, 11) is 0. The number of aryl methyl sites for hydroxylation is 1. The van der Waals surface area contributed by atoms with Gasteiger partial charge in [0.1, 0.15) is 4.88 Å². The van der Waals surface area contributed by atoms with E-state index in [1.54, 1.807) is 30.5 Å². The molecular weight excluding hydrogens is 276 g/mol. The number of aliphatic carboxylic acids is 1. The number of carboxylic acid groups (broad SMARTS) is 1. The Bertz CT molecular complexity index is 659. The van der Waals surface area contributed by atoms with E-state index in [-0.39, 0.29) is 5.91 Å². The number of nitrogens with one attached hydrogen (secondary N) is 1. The zero-order chi connectivity index (χ0) is 14.5. The predicted octanol–water partition coefficient (Wildman–Crippen LogP) is 2.80. The number of nitrogens with zero attached hydrogens (tertiary/aromatic N) is 1. The van der Waals surface area contributed by atoms with Crippen molar-refractivity contribution in [2.75, 3.05) is 5.32 Å². The average Bonchev–Trinajstić information content (AvgIpc) is 2.85. The Morgan fingerprint density at radius 2 is 2.00 bits per heavy atom. The molecule has 0 unspecified atom stereocenters. The van der Waals surface area contributed by atoms with Crippen LogP contribution in [0.4, 0.5) is 5.69 Å². The topological polar surface area (TPSA) is 79.3 Å². The SMILES string of the molecule is Cc1ncc(C(=O)Nc2ccc(/C=C/C(=O)O)cc2)s1. The van der Waals surface area contributed by atoms with Crippen LogP contribution in [0.5, 0.6) is 0 Å². The van der Waals surface area contributed by atoms with Gasteiger partial charge >= 0.3 is 5.97 Å². The lowest BCUT2D eigenvalue weighted by Crippen LogP contribution is -2.09. The maximum atomic E-state index is 11.9. The van der Waals surface area contributed by atoms with Crippen molar-refractivity contribution in [2.24, 2.45) is 0 Å². The van der Waals surface area contributed by atoms with Gasteiger partial charge in [0.25, 0.3) is 5.91 Å². The summed E-state index contributed by atoms with van der Waals surface area (Å²) in [5, 5.41) is 12.1. The molecule has 1 aromatic carbocycles. The highest BCUT2D eigenvalue weighted by Crippen LogP contribution is 2.15. The van der Waals surface area contributed by atoms with E-state index in [0.717, 1.165) is 16.6 Å². The summed E-state index contributed by atoms with van der Waals surface area (Å²) in [4.78, 5) is 26.9. The van der Waals surface area contributed by atoms with Crippen LogP contribution in [0.3, 0.4) is 0 Å². The second-order valence-electron chi connectivity index (χ2n) is 3.99. The molecule has 2 rings (SSSR count). The molecule has 2 aromatic rings. The lowest BCUT2D eigenvalue weighted by atomic mass is 10.2. The monoisotopic (exact) mass is 288 g/mol. The van der Waals surface area contributed by atoms with Gasteiger partial charge in [-0.05, 0) is 30.7 Å². The fourth-order valence-corrected chi connectivity index (χ4v) is 2.18. The van der Waals surface area contributed by atoms with E-state index in [0.29, 0.717) is 10.6 Å². The van der Waals surface area contributed by atoms with Crippen LogP contribution in [0.15, 0.2) is 36.5 Å². The molecule has 5 nitrogen and oxygen atoms in total. The highest BCUT2D eigenvalue weighted by atomic mass is 32.1. The minimum atomic E-state index is -0.997. The molecule has 0 saturated heterocycles. The molecule has 6 heteroatoms. The Morgan fingerprint density at radius 3 is 2.55 bits per heavy atom. The van der Waals surface area contributed by atoms with Gasteiger partial charge in [-0.1, -0.05) is 12.1 Å². The molecule has 0 aliphatic heterocycles. The van der Waals surface area contributed by atoms with Gasteiger partial charge in [0.2, 0.25) is 0 Å². The molecule has 20 heavy (non-hydrogen) atoms. The van der Waals surface area contributed by atoms with Crippen LogP contribution in [0, 0.1) is 6.92 Å². The van der Waals surface area contributed by atoms with Crippen molar-refractivity contribution in [1.29, 1.82) is 0 Å². The van der Waals surface area contributed by atoms with Crippen LogP contribution in [-0.2, 0) is 4.79 Å². The number of benzene rings is 1.